The Morgan fingerprint density at radius 2 is 0.857 bits per heavy atom. The Kier molecular flexibility index (Phi) is 23.3. The highest BCUT2D eigenvalue weighted by Crippen LogP contribution is 2.44. The molecule has 0 spiro atoms. The van der Waals surface area contributed by atoms with E-state index in [1.54, 1.807) is 0 Å². The highest BCUT2D eigenvalue weighted by molar-refractivity contribution is 5.79. The molecule has 0 aliphatic heterocycles. The summed E-state index contributed by atoms with van der Waals surface area (Å²) in [5.41, 5.74) is 10.1. The van der Waals surface area contributed by atoms with E-state index in [1.807, 2.05) is 24.3 Å². The zero-order valence-electron chi connectivity index (χ0n) is 28.8. The quantitative estimate of drug-likeness (QED) is 0.109. The van der Waals surface area contributed by atoms with Crippen LogP contribution in [0, 0.1) is 0 Å². The summed E-state index contributed by atoms with van der Waals surface area (Å²) in [5.74, 6) is 0.0518. The molecular weight excluding hydrogens is 636 g/mol. The smallest absolute Gasteiger partial charge is 0.407 e. The summed E-state index contributed by atoms with van der Waals surface area (Å²) in [5, 5.41) is 2.80. The Hall–Kier alpha value is -2.69. The molecule has 13 nitrogen and oxygen atoms in total. The van der Waals surface area contributed by atoms with Crippen LogP contribution in [-0.4, -0.2) is 145 Å². The molecule has 0 saturated carbocycles. The highest BCUT2D eigenvalue weighted by atomic mass is 16.6. The number of benzene rings is 2. The molecule has 0 heterocycles. The van der Waals surface area contributed by atoms with Gasteiger partial charge in [-0.2, -0.15) is 0 Å². The van der Waals surface area contributed by atoms with Gasteiger partial charge in [0.25, 0.3) is 0 Å². The minimum Gasteiger partial charge on any atom is -0.449 e. The highest BCUT2D eigenvalue weighted by Gasteiger charge is 2.28. The third-order valence-electron chi connectivity index (χ3n) is 7.32. The lowest BCUT2D eigenvalue weighted by Crippen LogP contribution is -2.27. The van der Waals surface area contributed by atoms with Crippen molar-refractivity contribution in [2.24, 2.45) is 5.73 Å². The number of carbonyl (C=O) groups is 1. The summed E-state index contributed by atoms with van der Waals surface area (Å²) < 4.78 is 54.6. The molecule has 1 aliphatic rings. The number of fused-ring (bicyclic) bond motifs is 3. The summed E-state index contributed by atoms with van der Waals surface area (Å²) >= 11 is 0. The second-order valence-corrected chi connectivity index (χ2v) is 10.9. The van der Waals surface area contributed by atoms with Gasteiger partial charge in [0.1, 0.15) is 6.61 Å². The van der Waals surface area contributed by atoms with E-state index in [9.17, 15) is 4.79 Å². The maximum atomic E-state index is 12.2. The van der Waals surface area contributed by atoms with Crippen molar-refractivity contribution in [3.8, 4) is 11.1 Å². The summed E-state index contributed by atoms with van der Waals surface area (Å²) in [6, 6.07) is 16.6. The molecule has 0 aromatic heterocycles. The fraction of sp³-hybridized carbons (Fsp3) is 0.639. The molecule has 276 valence electrons. The maximum Gasteiger partial charge on any atom is 0.407 e. The third-order valence-corrected chi connectivity index (χ3v) is 7.32. The van der Waals surface area contributed by atoms with E-state index in [2.05, 4.69) is 29.6 Å². The van der Waals surface area contributed by atoms with Crippen LogP contribution in [0.15, 0.2) is 48.5 Å². The number of amides is 1. The summed E-state index contributed by atoms with van der Waals surface area (Å²) in [4.78, 5) is 12.2. The van der Waals surface area contributed by atoms with Gasteiger partial charge in [0.05, 0.1) is 112 Å². The van der Waals surface area contributed by atoms with E-state index in [-0.39, 0.29) is 5.92 Å². The van der Waals surface area contributed by atoms with E-state index < -0.39 is 6.09 Å². The molecule has 0 saturated heterocycles. The van der Waals surface area contributed by atoms with Crippen molar-refractivity contribution in [1.82, 2.24) is 5.32 Å². The first-order valence-corrected chi connectivity index (χ1v) is 17.3. The van der Waals surface area contributed by atoms with Gasteiger partial charge in [-0.15, -0.1) is 0 Å². The number of alkyl carbamates (subject to hydrolysis) is 1. The second-order valence-electron chi connectivity index (χ2n) is 10.9. The van der Waals surface area contributed by atoms with Crippen LogP contribution in [0.1, 0.15) is 23.5 Å². The monoisotopic (exact) mass is 692 g/mol. The lowest BCUT2D eigenvalue weighted by Gasteiger charge is -2.14. The topological polar surface area (TPSA) is 147 Å². The summed E-state index contributed by atoms with van der Waals surface area (Å²) in [6.07, 6.45) is 0.273. The minimum atomic E-state index is -0.414. The van der Waals surface area contributed by atoms with Gasteiger partial charge in [0.2, 0.25) is 0 Å². The average Bonchev–Trinajstić information content (AvgIpc) is 3.45. The van der Waals surface area contributed by atoms with Crippen LogP contribution >= 0.6 is 0 Å². The Labute approximate surface area is 290 Å². The second kappa shape index (κ2) is 28.1. The molecule has 0 atom stereocenters. The number of nitrogens with two attached hydrogens (primary N) is 1. The van der Waals surface area contributed by atoms with Crippen LogP contribution in [-0.2, 0) is 47.4 Å². The largest absolute Gasteiger partial charge is 0.449 e. The van der Waals surface area contributed by atoms with Gasteiger partial charge < -0.3 is 58.4 Å². The van der Waals surface area contributed by atoms with Crippen molar-refractivity contribution in [1.29, 1.82) is 0 Å². The van der Waals surface area contributed by atoms with E-state index in [0.29, 0.717) is 145 Å². The Balaban J connectivity index is 0.979. The Morgan fingerprint density at radius 1 is 0.510 bits per heavy atom. The van der Waals surface area contributed by atoms with E-state index >= 15 is 0 Å². The van der Waals surface area contributed by atoms with Crippen molar-refractivity contribution < 1.29 is 52.2 Å². The van der Waals surface area contributed by atoms with Gasteiger partial charge in [-0.25, -0.2) is 4.79 Å². The van der Waals surface area contributed by atoms with Gasteiger partial charge in [-0.1, -0.05) is 48.5 Å². The third kappa shape index (κ3) is 18.2. The summed E-state index contributed by atoms with van der Waals surface area (Å²) in [6.45, 7) is 10.5. The number of rotatable bonds is 32. The molecule has 2 aromatic carbocycles. The van der Waals surface area contributed by atoms with Crippen molar-refractivity contribution in [3.05, 3.63) is 59.7 Å². The van der Waals surface area contributed by atoms with Crippen LogP contribution in [0.5, 0.6) is 0 Å². The predicted octanol–water partition coefficient (Wildman–Crippen LogP) is 3.02. The van der Waals surface area contributed by atoms with Crippen LogP contribution in [0.4, 0.5) is 4.79 Å². The van der Waals surface area contributed by atoms with Gasteiger partial charge in [0, 0.05) is 25.6 Å². The molecule has 3 rings (SSSR count). The lowest BCUT2D eigenvalue weighted by molar-refractivity contribution is -0.0249. The molecule has 1 aliphatic carbocycles. The zero-order valence-corrected chi connectivity index (χ0v) is 28.8. The van der Waals surface area contributed by atoms with Crippen LogP contribution in [0.25, 0.3) is 11.1 Å². The first-order chi connectivity index (χ1) is 24.3. The first-order valence-electron chi connectivity index (χ1n) is 17.3. The predicted molar refractivity (Wildman–Crippen MR) is 184 cm³/mol. The average molecular weight is 693 g/mol. The molecule has 0 radical (unpaired) electrons. The number of hydrogen-bond donors (Lipinski definition) is 2. The zero-order chi connectivity index (χ0) is 34.5. The van der Waals surface area contributed by atoms with Crippen molar-refractivity contribution >= 4 is 6.09 Å². The Morgan fingerprint density at radius 3 is 1.24 bits per heavy atom. The van der Waals surface area contributed by atoms with E-state index in [1.165, 1.54) is 22.3 Å². The Bertz CT molecular complexity index is 1060. The molecular formula is C36H56N2O11. The molecule has 0 fully saturated rings. The fourth-order valence-electron chi connectivity index (χ4n) is 4.96. The van der Waals surface area contributed by atoms with Gasteiger partial charge in [-0.05, 0) is 28.7 Å². The normalized spacial score (nSPS) is 12.3. The first kappa shape index (κ1) is 40.7. The van der Waals surface area contributed by atoms with E-state index in [4.69, 9.17) is 53.1 Å². The van der Waals surface area contributed by atoms with Gasteiger partial charge >= 0.3 is 6.09 Å². The van der Waals surface area contributed by atoms with Crippen molar-refractivity contribution in [2.45, 2.75) is 12.3 Å². The van der Waals surface area contributed by atoms with Crippen molar-refractivity contribution in [2.75, 3.05) is 139 Å². The fourth-order valence-corrected chi connectivity index (χ4v) is 4.96. The molecule has 0 unspecified atom stereocenters. The maximum absolute atomic E-state index is 12.2. The number of carbonyl (C=O) groups excluding carboxylic acids is 1. The molecule has 49 heavy (non-hydrogen) atoms. The van der Waals surface area contributed by atoms with Crippen LogP contribution in [0.3, 0.4) is 0 Å². The van der Waals surface area contributed by atoms with Crippen LogP contribution < -0.4 is 11.1 Å². The number of hydrogen-bond acceptors (Lipinski definition) is 12. The standard InChI is InChI=1S/C36H56N2O11/c37-10-13-41-15-17-43-19-21-45-23-25-47-27-29-48-28-26-46-24-22-44-20-18-42-16-14-40-12-5-11-38-36(39)49-30-35-33-8-3-1-6-31(33)32-7-2-4-9-34(32)35/h1-4,6-9,35H,5,10-30,37H2,(H,38,39). The van der Waals surface area contributed by atoms with Crippen LogP contribution in [0.2, 0.25) is 0 Å². The van der Waals surface area contributed by atoms with Gasteiger partial charge in [-0.3, -0.25) is 0 Å². The van der Waals surface area contributed by atoms with Crippen molar-refractivity contribution in [3.63, 3.8) is 0 Å². The molecule has 3 N–H and O–H groups in total. The van der Waals surface area contributed by atoms with E-state index in [0.717, 1.165) is 0 Å². The number of ether oxygens (including phenoxy) is 10. The molecule has 13 heteroatoms. The number of nitrogens with one attached hydrogen (secondary N) is 1. The lowest BCUT2D eigenvalue weighted by atomic mass is 9.98. The van der Waals surface area contributed by atoms with Gasteiger partial charge in [0.15, 0.2) is 0 Å². The molecule has 2 aromatic rings. The molecule has 1 amide bonds. The SMILES string of the molecule is NCCOCCOCCOCCOCCOCCOCCOCCOCCOCCCNC(=O)OCC1c2ccccc2-c2ccccc21. The summed E-state index contributed by atoms with van der Waals surface area (Å²) in [7, 11) is 0. The molecule has 0 bridgehead atoms. The minimum absolute atomic E-state index is 0.0518.